The highest BCUT2D eigenvalue weighted by Crippen LogP contribution is 2.26. The first kappa shape index (κ1) is 25.5. The molecule has 0 bridgehead atoms. The molecule has 8 nitrogen and oxygen atoms in total. The molecule has 2 aromatic carbocycles. The van der Waals surface area contributed by atoms with Crippen LogP contribution in [0.5, 0.6) is 5.75 Å². The standard InChI is InChI=1S/C28H26F2N4O4/c29-23-3-1-20(12-24(23)30)15-34-17-31-14-22(28(34)36)27(35)33-13-19-2-4-25-21(11-19)26(5-8-32-25)38-16-18-6-9-37-10-7-18/h1-5,8,11-12,14,17-18H,6-7,9-10,13,15-16H2,(H,33,35). The topological polar surface area (TPSA) is 95.3 Å². The van der Waals surface area contributed by atoms with Crippen LogP contribution < -0.4 is 15.6 Å². The molecule has 1 aliphatic rings. The predicted octanol–water partition coefficient (Wildman–Crippen LogP) is 3.85. The lowest BCUT2D eigenvalue weighted by molar-refractivity contribution is 0.0500. The lowest BCUT2D eigenvalue weighted by Crippen LogP contribution is -2.33. The molecule has 38 heavy (non-hydrogen) atoms. The molecule has 1 fully saturated rings. The van der Waals surface area contributed by atoms with Crippen LogP contribution in [0, 0.1) is 17.6 Å². The summed E-state index contributed by atoms with van der Waals surface area (Å²) in [7, 11) is 0. The van der Waals surface area contributed by atoms with Crippen molar-refractivity contribution < 1.29 is 23.0 Å². The Morgan fingerprint density at radius 2 is 1.89 bits per heavy atom. The minimum absolute atomic E-state index is 0.0571. The summed E-state index contributed by atoms with van der Waals surface area (Å²) in [5.74, 6) is -1.42. The minimum Gasteiger partial charge on any atom is -0.493 e. The Balaban J connectivity index is 1.27. The quantitative estimate of drug-likeness (QED) is 0.379. The molecule has 196 valence electrons. The number of amides is 1. The number of halogens is 2. The van der Waals surface area contributed by atoms with E-state index < -0.39 is 23.1 Å². The number of carbonyl (C=O) groups excluding carboxylic acids is 1. The van der Waals surface area contributed by atoms with Crippen molar-refractivity contribution in [3.8, 4) is 5.75 Å². The maximum atomic E-state index is 13.5. The van der Waals surface area contributed by atoms with Crippen LogP contribution in [0.4, 0.5) is 8.78 Å². The van der Waals surface area contributed by atoms with E-state index in [1.54, 1.807) is 6.20 Å². The largest absolute Gasteiger partial charge is 0.493 e. The molecule has 5 rings (SSSR count). The van der Waals surface area contributed by atoms with Crippen molar-refractivity contribution in [3.05, 3.63) is 99.9 Å². The highest BCUT2D eigenvalue weighted by atomic mass is 19.2. The van der Waals surface area contributed by atoms with E-state index in [4.69, 9.17) is 9.47 Å². The van der Waals surface area contributed by atoms with Gasteiger partial charge >= 0.3 is 0 Å². The van der Waals surface area contributed by atoms with Gasteiger partial charge in [0.1, 0.15) is 11.3 Å². The fraction of sp³-hybridized carbons (Fsp3) is 0.286. The zero-order valence-corrected chi connectivity index (χ0v) is 20.5. The van der Waals surface area contributed by atoms with Crippen molar-refractivity contribution >= 4 is 16.8 Å². The van der Waals surface area contributed by atoms with E-state index in [0.717, 1.165) is 60.4 Å². The summed E-state index contributed by atoms with van der Waals surface area (Å²) < 4.78 is 39.5. The van der Waals surface area contributed by atoms with Crippen LogP contribution in [0.1, 0.15) is 34.3 Å². The van der Waals surface area contributed by atoms with Gasteiger partial charge in [-0.05, 0) is 60.2 Å². The number of nitrogens with one attached hydrogen (secondary N) is 1. The Bertz CT molecular complexity index is 1520. The van der Waals surface area contributed by atoms with Crippen molar-refractivity contribution in [3.63, 3.8) is 0 Å². The highest BCUT2D eigenvalue weighted by Gasteiger charge is 2.16. The molecule has 0 unspecified atom stereocenters. The number of rotatable bonds is 8. The van der Waals surface area contributed by atoms with E-state index in [-0.39, 0.29) is 18.7 Å². The van der Waals surface area contributed by atoms with Gasteiger partial charge in [0, 0.05) is 37.5 Å². The highest BCUT2D eigenvalue weighted by molar-refractivity contribution is 5.93. The second-order valence-corrected chi connectivity index (χ2v) is 9.20. The Hall–Kier alpha value is -4.18. The van der Waals surface area contributed by atoms with Crippen molar-refractivity contribution in [1.29, 1.82) is 0 Å². The van der Waals surface area contributed by atoms with Crippen LogP contribution in [-0.4, -0.2) is 40.3 Å². The van der Waals surface area contributed by atoms with Gasteiger partial charge in [0.15, 0.2) is 11.6 Å². The molecule has 1 amide bonds. The fourth-order valence-electron chi connectivity index (χ4n) is 4.36. The van der Waals surface area contributed by atoms with Crippen LogP contribution in [0.25, 0.3) is 10.9 Å². The van der Waals surface area contributed by atoms with Crippen LogP contribution in [0.3, 0.4) is 0 Å². The number of carbonyl (C=O) groups is 1. The van der Waals surface area contributed by atoms with Crippen LogP contribution in [0.15, 0.2) is 66.0 Å². The predicted molar refractivity (Wildman–Crippen MR) is 136 cm³/mol. The lowest BCUT2D eigenvalue weighted by atomic mass is 10.0. The Morgan fingerprint density at radius 3 is 2.71 bits per heavy atom. The zero-order chi connectivity index (χ0) is 26.5. The third-order valence-electron chi connectivity index (χ3n) is 6.52. The number of aromatic nitrogens is 3. The average Bonchev–Trinajstić information content (AvgIpc) is 2.94. The number of pyridine rings is 1. The van der Waals surface area contributed by atoms with E-state index in [2.05, 4.69) is 15.3 Å². The normalized spacial score (nSPS) is 13.9. The molecule has 0 spiro atoms. The number of nitrogens with zero attached hydrogens (tertiary/aromatic N) is 3. The summed E-state index contributed by atoms with van der Waals surface area (Å²) >= 11 is 0. The van der Waals surface area contributed by atoms with E-state index in [9.17, 15) is 18.4 Å². The summed E-state index contributed by atoms with van der Waals surface area (Å²) in [4.78, 5) is 34.1. The summed E-state index contributed by atoms with van der Waals surface area (Å²) in [6.45, 7) is 2.21. The third kappa shape index (κ3) is 5.86. The molecule has 4 aromatic rings. The van der Waals surface area contributed by atoms with Gasteiger partial charge < -0.3 is 14.8 Å². The van der Waals surface area contributed by atoms with Gasteiger partial charge in [-0.15, -0.1) is 0 Å². The Kier molecular flexibility index (Phi) is 7.69. The van der Waals surface area contributed by atoms with Gasteiger partial charge in [0.2, 0.25) is 0 Å². The number of hydrogen-bond donors (Lipinski definition) is 1. The monoisotopic (exact) mass is 520 g/mol. The number of fused-ring (bicyclic) bond motifs is 1. The molecule has 1 saturated heterocycles. The van der Waals surface area contributed by atoms with Gasteiger partial charge in [-0.3, -0.25) is 19.1 Å². The molecule has 10 heteroatoms. The SMILES string of the molecule is O=C(NCc1ccc2nccc(OCC3CCOCC3)c2c1)c1cncn(Cc2ccc(F)c(F)c2)c1=O. The van der Waals surface area contributed by atoms with E-state index in [0.29, 0.717) is 18.1 Å². The molecule has 0 atom stereocenters. The average molecular weight is 521 g/mol. The third-order valence-corrected chi connectivity index (χ3v) is 6.52. The van der Waals surface area contributed by atoms with Gasteiger partial charge in [0.05, 0.1) is 25.0 Å². The first-order valence-electron chi connectivity index (χ1n) is 12.3. The molecular formula is C28H26F2N4O4. The Morgan fingerprint density at radius 1 is 1.08 bits per heavy atom. The van der Waals surface area contributed by atoms with E-state index in [1.165, 1.54) is 23.2 Å². The number of benzene rings is 2. The summed E-state index contributed by atoms with van der Waals surface area (Å²) in [5, 5.41) is 3.59. The summed E-state index contributed by atoms with van der Waals surface area (Å²) in [6, 6.07) is 10.8. The van der Waals surface area contributed by atoms with Crippen LogP contribution in [-0.2, 0) is 17.8 Å². The maximum Gasteiger partial charge on any atom is 0.266 e. The number of hydrogen-bond acceptors (Lipinski definition) is 6. The zero-order valence-electron chi connectivity index (χ0n) is 20.5. The molecule has 3 heterocycles. The molecule has 0 saturated carbocycles. The van der Waals surface area contributed by atoms with Crippen molar-refractivity contribution in [2.45, 2.75) is 25.9 Å². The van der Waals surface area contributed by atoms with Crippen LogP contribution >= 0.6 is 0 Å². The van der Waals surface area contributed by atoms with Crippen molar-refractivity contribution in [2.75, 3.05) is 19.8 Å². The van der Waals surface area contributed by atoms with Gasteiger partial charge in [-0.25, -0.2) is 13.8 Å². The molecule has 0 aliphatic carbocycles. The first-order valence-corrected chi connectivity index (χ1v) is 12.3. The van der Waals surface area contributed by atoms with Crippen molar-refractivity contribution in [2.24, 2.45) is 5.92 Å². The second kappa shape index (κ2) is 11.5. The smallest absolute Gasteiger partial charge is 0.266 e. The summed E-state index contributed by atoms with van der Waals surface area (Å²) in [5.41, 5.74) is 1.20. The van der Waals surface area contributed by atoms with Gasteiger partial charge in [-0.2, -0.15) is 0 Å². The second-order valence-electron chi connectivity index (χ2n) is 9.20. The minimum atomic E-state index is -1.01. The molecule has 0 radical (unpaired) electrons. The molecule has 1 N–H and O–H groups in total. The Labute approximate surface area is 217 Å². The van der Waals surface area contributed by atoms with E-state index in [1.807, 2.05) is 24.3 Å². The molecule has 2 aromatic heterocycles. The lowest BCUT2D eigenvalue weighted by Gasteiger charge is -2.22. The molecular weight excluding hydrogens is 494 g/mol. The summed E-state index contributed by atoms with van der Waals surface area (Å²) in [6.07, 6.45) is 6.08. The first-order chi connectivity index (χ1) is 18.5. The van der Waals surface area contributed by atoms with Gasteiger partial charge in [0.25, 0.3) is 11.5 Å². The maximum absolute atomic E-state index is 13.5. The molecule has 1 aliphatic heterocycles. The number of ether oxygens (including phenoxy) is 2. The van der Waals surface area contributed by atoms with Gasteiger partial charge in [-0.1, -0.05) is 12.1 Å². The van der Waals surface area contributed by atoms with E-state index >= 15 is 0 Å². The van der Waals surface area contributed by atoms with Crippen molar-refractivity contribution in [1.82, 2.24) is 19.9 Å². The van der Waals surface area contributed by atoms with Crippen LogP contribution in [0.2, 0.25) is 0 Å². The fourth-order valence-corrected chi connectivity index (χ4v) is 4.36.